The molecule has 2 aliphatic heterocycles. The number of nitrogen functional groups attached to an aromatic ring is 1. The van der Waals surface area contributed by atoms with Gasteiger partial charge in [-0.15, -0.1) is 0 Å². The van der Waals surface area contributed by atoms with Crippen molar-refractivity contribution < 1.29 is 9.59 Å². The van der Waals surface area contributed by atoms with E-state index in [-0.39, 0.29) is 23.7 Å². The Hall–Kier alpha value is -3.20. The lowest BCUT2D eigenvalue weighted by Gasteiger charge is -2.37. The second-order valence-electron chi connectivity index (χ2n) is 5.93. The molecular formula is C16H16N6O3. The highest BCUT2D eigenvalue weighted by Gasteiger charge is 2.44. The number of carbonyl (C=O) groups excluding carboxylic acids is 2. The first-order valence-electron chi connectivity index (χ1n) is 7.92. The highest BCUT2D eigenvalue weighted by atomic mass is 16.2. The van der Waals surface area contributed by atoms with Gasteiger partial charge in [-0.1, -0.05) is 18.2 Å². The zero-order chi connectivity index (χ0) is 17.6. The minimum absolute atomic E-state index is 0.182. The van der Waals surface area contributed by atoms with E-state index >= 15 is 0 Å². The van der Waals surface area contributed by atoms with Crippen LogP contribution in [0.25, 0.3) is 0 Å². The molecule has 0 saturated carbocycles. The molecule has 0 aliphatic carbocycles. The molecule has 3 amide bonds. The molecule has 1 fully saturated rings. The maximum Gasteiger partial charge on any atom is 0.330 e. The topological polar surface area (TPSA) is 124 Å². The van der Waals surface area contributed by atoms with Crippen molar-refractivity contribution in [2.24, 2.45) is 5.84 Å². The van der Waals surface area contributed by atoms with E-state index in [2.05, 4.69) is 9.97 Å². The maximum absolute atomic E-state index is 13.0. The lowest BCUT2D eigenvalue weighted by Crippen LogP contribution is -2.48. The number of aromatic amines is 1. The molecule has 2 aromatic rings. The number of H-pyrrole nitrogens is 1. The van der Waals surface area contributed by atoms with Crippen molar-refractivity contribution in [2.75, 3.05) is 11.4 Å². The highest BCUT2D eigenvalue weighted by molar-refractivity contribution is 6.02. The summed E-state index contributed by atoms with van der Waals surface area (Å²) in [6.07, 6.45) is 1.50. The van der Waals surface area contributed by atoms with Gasteiger partial charge in [-0.05, 0) is 25.0 Å². The Labute approximate surface area is 142 Å². The number of benzene rings is 1. The fourth-order valence-electron chi connectivity index (χ4n) is 3.44. The van der Waals surface area contributed by atoms with Crippen LogP contribution in [0.5, 0.6) is 0 Å². The van der Waals surface area contributed by atoms with Gasteiger partial charge in [-0.3, -0.25) is 15.0 Å². The van der Waals surface area contributed by atoms with Gasteiger partial charge in [0.1, 0.15) is 0 Å². The van der Waals surface area contributed by atoms with Gasteiger partial charge >= 0.3 is 11.9 Å². The number of para-hydroxylation sites is 1. The summed E-state index contributed by atoms with van der Waals surface area (Å²) in [4.78, 5) is 47.2. The Morgan fingerprint density at radius 3 is 2.76 bits per heavy atom. The van der Waals surface area contributed by atoms with Crippen LogP contribution in [0.4, 0.5) is 16.3 Å². The Morgan fingerprint density at radius 1 is 1.28 bits per heavy atom. The molecule has 2 aliphatic rings. The van der Waals surface area contributed by atoms with E-state index in [4.69, 9.17) is 5.84 Å². The SMILES string of the molecule is NNC(=O)c1nc2c(c(=O)[nH]1)C1CCCN1C(=O)N2c1ccccc1. The summed E-state index contributed by atoms with van der Waals surface area (Å²) >= 11 is 0. The van der Waals surface area contributed by atoms with Crippen molar-refractivity contribution in [3.8, 4) is 0 Å². The Morgan fingerprint density at radius 2 is 2.04 bits per heavy atom. The van der Waals surface area contributed by atoms with Crippen LogP contribution in [0.3, 0.4) is 0 Å². The van der Waals surface area contributed by atoms with Crippen molar-refractivity contribution >= 4 is 23.4 Å². The summed E-state index contributed by atoms with van der Waals surface area (Å²) in [5.41, 5.74) is 2.48. The predicted octanol–water partition coefficient (Wildman–Crippen LogP) is 0.782. The summed E-state index contributed by atoms with van der Waals surface area (Å²) in [6, 6.07) is 8.34. The Balaban J connectivity index is 1.97. The lowest BCUT2D eigenvalue weighted by atomic mass is 10.0. The number of rotatable bonds is 2. The molecule has 1 atom stereocenters. The van der Waals surface area contributed by atoms with E-state index in [1.807, 2.05) is 11.5 Å². The van der Waals surface area contributed by atoms with Gasteiger partial charge in [0.15, 0.2) is 5.82 Å². The van der Waals surface area contributed by atoms with Crippen molar-refractivity contribution in [3.63, 3.8) is 0 Å². The normalized spacial score (nSPS) is 18.8. The first-order valence-corrected chi connectivity index (χ1v) is 7.92. The zero-order valence-electron chi connectivity index (χ0n) is 13.2. The van der Waals surface area contributed by atoms with E-state index in [9.17, 15) is 14.4 Å². The van der Waals surface area contributed by atoms with Gasteiger partial charge < -0.3 is 9.88 Å². The van der Waals surface area contributed by atoms with Crippen molar-refractivity contribution in [1.82, 2.24) is 20.3 Å². The Bertz CT molecular complexity index is 910. The summed E-state index contributed by atoms with van der Waals surface area (Å²) < 4.78 is 0. The van der Waals surface area contributed by atoms with Gasteiger partial charge in [0.25, 0.3) is 5.56 Å². The number of amides is 3. The van der Waals surface area contributed by atoms with E-state index in [0.29, 0.717) is 24.2 Å². The number of carbonyl (C=O) groups is 2. The number of urea groups is 1. The Kier molecular flexibility index (Phi) is 3.50. The van der Waals surface area contributed by atoms with Crippen LogP contribution in [0.1, 0.15) is 35.1 Å². The number of hydrogen-bond acceptors (Lipinski definition) is 5. The molecule has 1 aromatic heterocycles. The number of nitrogens with one attached hydrogen (secondary N) is 2. The lowest BCUT2D eigenvalue weighted by molar-refractivity contribution is 0.0942. The van der Waals surface area contributed by atoms with Crippen LogP contribution in [0, 0.1) is 0 Å². The largest absolute Gasteiger partial charge is 0.330 e. The molecular weight excluding hydrogens is 324 g/mol. The third-order valence-electron chi connectivity index (χ3n) is 4.53. The number of aromatic nitrogens is 2. The second-order valence-corrected chi connectivity index (χ2v) is 5.93. The molecule has 0 radical (unpaired) electrons. The summed E-state index contributed by atoms with van der Waals surface area (Å²) in [5.74, 6) is 4.36. The van der Waals surface area contributed by atoms with E-state index in [1.165, 1.54) is 4.90 Å². The molecule has 1 saturated heterocycles. The van der Waals surface area contributed by atoms with E-state index < -0.39 is 11.5 Å². The average molecular weight is 340 g/mol. The van der Waals surface area contributed by atoms with Crippen molar-refractivity contribution in [1.29, 1.82) is 0 Å². The quantitative estimate of drug-likeness (QED) is 0.423. The number of hydrogen-bond donors (Lipinski definition) is 3. The number of nitrogens with zero attached hydrogens (tertiary/aromatic N) is 3. The number of nitrogens with two attached hydrogens (primary N) is 1. The first-order chi connectivity index (χ1) is 12.1. The number of anilines is 2. The predicted molar refractivity (Wildman–Crippen MR) is 89.2 cm³/mol. The van der Waals surface area contributed by atoms with Crippen LogP contribution >= 0.6 is 0 Å². The van der Waals surface area contributed by atoms with Crippen LogP contribution in [-0.4, -0.2) is 33.4 Å². The van der Waals surface area contributed by atoms with Crippen molar-refractivity contribution in [3.05, 3.63) is 52.1 Å². The van der Waals surface area contributed by atoms with Crippen LogP contribution in [0.15, 0.2) is 35.1 Å². The van der Waals surface area contributed by atoms with Gasteiger partial charge in [0.05, 0.1) is 17.3 Å². The second kappa shape index (κ2) is 5.71. The highest BCUT2D eigenvalue weighted by Crippen LogP contribution is 2.42. The average Bonchev–Trinajstić information content (AvgIpc) is 3.11. The maximum atomic E-state index is 13.0. The summed E-state index contributed by atoms with van der Waals surface area (Å²) in [6.45, 7) is 0.580. The minimum Gasteiger partial charge on any atom is -0.317 e. The molecule has 4 rings (SSSR count). The molecule has 25 heavy (non-hydrogen) atoms. The van der Waals surface area contributed by atoms with Gasteiger partial charge in [0, 0.05) is 6.54 Å². The molecule has 9 heteroatoms. The molecule has 3 heterocycles. The molecule has 4 N–H and O–H groups in total. The van der Waals surface area contributed by atoms with Gasteiger partial charge in [-0.25, -0.2) is 20.5 Å². The number of fused-ring (bicyclic) bond motifs is 3. The van der Waals surface area contributed by atoms with Gasteiger partial charge in [-0.2, -0.15) is 0 Å². The van der Waals surface area contributed by atoms with E-state index in [0.717, 1.165) is 6.42 Å². The fourth-order valence-corrected chi connectivity index (χ4v) is 3.44. The molecule has 1 unspecified atom stereocenters. The zero-order valence-corrected chi connectivity index (χ0v) is 13.2. The fraction of sp³-hybridized carbons (Fsp3) is 0.250. The smallest absolute Gasteiger partial charge is 0.317 e. The molecule has 9 nitrogen and oxygen atoms in total. The number of hydrazine groups is 1. The molecule has 1 aromatic carbocycles. The molecule has 128 valence electrons. The molecule has 0 spiro atoms. The monoisotopic (exact) mass is 340 g/mol. The van der Waals surface area contributed by atoms with Crippen LogP contribution in [-0.2, 0) is 0 Å². The van der Waals surface area contributed by atoms with Crippen molar-refractivity contribution in [2.45, 2.75) is 18.9 Å². The van der Waals surface area contributed by atoms with E-state index in [1.54, 1.807) is 29.2 Å². The minimum atomic E-state index is -0.728. The first kappa shape index (κ1) is 15.3. The summed E-state index contributed by atoms with van der Waals surface area (Å²) in [7, 11) is 0. The molecule has 0 bridgehead atoms. The third kappa shape index (κ3) is 2.28. The standard InChI is InChI=1S/C16H16N6O3/c17-20-15(24)12-18-13-11(14(23)19-12)10-7-4-8-21(10)16(25)22(13)9-5-2-1-3-6-9/h1-3,5-6,10H,4,7-8,17H2,(H,20,24)(H,18,19,23). The van der Waals surface area contributed by atoms with Crippen LogP contribution in [0.2, 0.25) is 0 Å². The summed E-state index contributed by atoms with van der Waals surface area (Å²) in [5, 5.41) is 0. The third-order valence-corrected chi connectivity index (χ3v) is 4.53. The van der Waals surface area contributed by atoms with Gasteiger partial charge in [0.2, 0.25) is 5.82 Å². The van der Waals surface area contributed by atoms with Crippen LogP contribution < -0.4 is 21.7 Å².